The van der Waals surface area contributed by atoms with Crippen LogP contribution in [-0.4, -0.2) is 87.6 Å². The Bertz CT molecular complexity index is 1410. The Labute approximate surface area is 223 Å². The summed E-state index contributed by atoms with van der Waals surface area (Å²) in [6, 6.07) is 3.15. The van der Waals surface area contributed by atoms with Crippen molar-refractivity contribution in [3.63, 3.8) is 0 Å². The van der Waals surface area contributed by atoms with Crippen LogP contribution >= 0.6 is 0 Å². The van der Waals surface area contributed by atoms with Crippen molar-refractivity contribution in [3.8, 4) is 5.75 Å². The van der Waals surface area contributed by atoms with E-state index in [-0.39, 0.29) is 11.8 Å². The van der Waals surface area contributed by atoms with Gasteiger partial charge in [-0.25, -0.2) is 9.78 Å². The van der Waals surface area contributed by atoms with Gasteiger partial charge in [-0.1, -0.05) is 0 Å². The van der Waals surface area contributed by atoms with E-state index in [1.54, 1.807) is 33.1 Å². The van der Waals surface area contributed by atoms with Crippen LogP contribution in [0.3, 0.4) is 0 Å². The van der Waals surface area contributed by atoms with Crippen molar-refractivity contribution in [2.45, 2.75) is 63.3 Å². The minimum Gasteiger partial charge on any atom is -0.482 e. The fourth-order valence-corrected chi connectivity index (χ4v) is 4.88. The predicted molar refractivity (Wildman–Crippen MR) is 140 cm³/mol. The lowest BCUT2D eigenvalue weighted by Crippen LogP contribution is -2.50. The largest absolute Gasteiger partial charge is 0.482 e. The van der Waals surface area contributed by atoms with Gasteiger partial charge in [-0.05, 0) is 32.9 Å². The molecule has 0 amide bonds. The topological polar surface area (TPSA) is 175 Å². The van der Waals surface area contributed by atoms with Crippen LogP contribution in [0.25, 0.3) is 11.0 Å². The van der Waals surface area contributed by atoms with E-state index in [0.717, 1.165) is 11.3 Å². The van der Waals surface area contributed by atoms with E-state index in [9.17, 15) is 25.2 Å². The van der Waals surface area contributed by atoms with Crippen molar-refractivity contribution < 1.29 is 44.5 Å². The van der Waals surface area contributed by atoms with Crippen molar-refractivity contribution >= 4 is 22.9 Å². The Balaban J connectivity index is 1.42. The first-order valence-electron chi connectivity index (χ1n) is 12.6. The first-order chi connectivity index (χ1) is 18.5. The quantitative estimate of drug-likeness (QED) is 0.216. The van der Waals surface area contributed by atoms with Crippen molar-refractivity contribution in [2.24, 2.45) is 4.99 Å². The molecule has 39 heavy (non-hydrogen) atoms. The molecule has 210 valence electrons. The molecule has 0 saturated carbocycles. The average molecular weight is 545 g/mol. The summed E-state index contributed by atoms with van der Waals surface area (Å²) in [5.74, 6) is 1.01. The maximum Gasteiger partial charge on any atom is 0.193 e. The van der Waals surface area contributed by atoms with Gasteiger partial charge in [-0.3, -0.25) is 9.79 Å². The molecule has 5 atom stereocenters. The number of rotatable bonds is 9. The molecule has 0 aliphatic carbocycles. The molecule has 0 radical (unpaired) electrons. The molecule has 3 aliphatic heterocycles. The predicted octanol–water partition coefficient (Wildman–Crippen LogP) is 0.240. The highest BCUT2D eigenvalue weighted by Crippen LogP contribution is 2.47. The van der Waals surface area contributed by atoms with Gasteiger partial charge in [0.1, 0.15) is 54.2 Å². The summed E-state index contributed by atoms with van der Waals surface area (Å²) < 4.78 is 12.5. The molecular formula is C27H32N2O10. The Hall–Kier alpha value is -3.10. The fraction of sp³-hybridized carbons (Fsp3) is 0.481. The summed E-state index contributed by atoms with van der Waals surface area (Å²) >= 11 is 0. The number of aliphatic hydroxyl groups is 5. The maximum absolute atomic E-state index is 13.0. The number of anilines is 1. The Morgan fingerprint density at radius 3 is 2.64 bits per heavy atom. The SMILES string of the molecule is Cc1cc(=O)c2cc3c(c(N4C=C5N=CC=C5C4)c2o1)OC(C)(C)[C@H](OOC[C@H](O)[C@@H](O)[C@H](O)[C@H](O)CO)C3. The number of aliphatic imine (C=N–C) groups is 1. The molecule has 5 N–H and O–H groups in total. The zero-order valence-electron chi connectivity index (χ0n) is 21.8. The van der Waals surface area contributed by atoms with Gasteiger partial charge >= 0.3 is 0 Å². The van der Waals surface area contributed by atoms with Gasteiger partial charge in [0, 0.05) is 36.0 Å². The van der Waals surface area contributed by atoms with Gasteiger partial charge < -0.3 is 39.6 Å². The van der Waals surface area contributed by atoms with Crippen LogP contribution < -0.4 is 15.1 Å². The van der Waals surface area contributed by atoms with E-state index in [4.69, 9.17) is 24.0 Å². The number of hydrogen-bond donors (Lipinski definition) is 5. The molecule has 12 heteroatoms. The van der Waals surface area contributed by atoms with Gasteiger partial charge in [0.25, 0.3) is 0 Å². The van der Waals surface area contributed by atoms with Crippen LogP contribution in [0.1, 0.15) is 25.2 Å². The zero-order chi connectivity index (χ0) is 28.1. The van der Waals surface area contributed by atoms with Gasteiger partial charge in [0.15, 0.2) is 16.8 Å². The van der Waals surface area contributed by atoms with E-state index in [1.165, 1.54) is 6.07 Å². The Morgan fingerprint density at radius 1 is 1.18 bits per heavy atom. The molecule has 5 rings (SSSR count). The van der Waals surface area contributed by atoms with Crippen LogP contribution in [0.15, 0.2) is 49.9 Å². The number of allylic oxidation sites excluding steroid dienone is 1. The van der Waals surface area contributed by atoms with Crippen molar-refractivity contribution in [2.75, 3.05) is 24.7 Å². The monoisotopic (exact) mass is 544 g/mol. The number of hydrogen-bond acceptors (Lipinski definition) is 12. The summed E-state index contributed by atoms with van der Waals surface area (Å²) in [4.78, 5) is 30.1. The number of benzene rings is 1. The van der Waals surface area contributed by atoms with Crippen molar-refractivity contribution in [3.05, 3.63) is 57.2 Å². The van der Waals surface area contributed by atoms with Crippen LogP contribution in [0.5, 0.6) is 5.75 Å². The molecule has 3 aliphatic rings. The molecule has 0 unspecified atom stereocenters. The number of aliphatic hydroxyl groups excluding tert-OH is 5. The molecule has 0 fully saturated rings. The first kappa shape index (κ1) is 27.5. The highest BCUT2D eigenvalue weighted by molar-refractivity contribution is 5.96. The van der Waals surface area contributed by atoms with E-state index in [1.807, 2.05) is 17.2 Å². The Kier molecular flexibility index (Phi) is 7.37. The van der Waals surface area contributed by atoms with E-state index in [0.29, 0.717) is 40.3 Å². The number of nitrogens with zero attached hydrogens (tertiary/aromatic N) is 2. The van der Waals surface area contributed by atoms with E-state index in [2.05, 4.69) is 4.99 Å². The van der Waals surface area contributed by atoms with Gasteiger partial charge in [0.2, 0.25) is 0 Å². The smallest absolute Gasteiger partial charge is 0.193 e. The summed E-state index contributed by atoms with van der Waals surface area (Å²) in [6.45, 7) is 4.54. The van der Waals surface area contributed by atoms with E-state index >= 15 is 0 Å². The van der Waals surface area contributed by atoms with Crippen molar-refractivity contribution in [1.82, 2.24) is 0 Å². The van der Waals surface area contributed by atoms with Gasteiger partial charge in [0.05, 0.1) is 24.2 Å². The lowest BCUT2D eigenvalue weighted by Gasteiger charge is -2.40. The van der Waals surface area contributed by atoms with Crippen LogP contribution in [0.4, 0.5) is 5.69 Å². The van der Waals surface area contributed by atoms with Crippen LogP contribution in [0.2, 0.25) is 0 Å². The third kappa shape index (κ3) is 5.12. The molecule has 0 saturated heterocycles. The summed E-state index contributed by atoms with van der Waals surface area (Å²) in [5.41, 5.74) is 2.46. The standard InChI is InChI=1S/C27H32N2O10/c1-13-6-18(31)16-7-15-8-21(39-36-12-20(33)24(35)23(34)19(32)11-30)27(2,3)38-25(15)22(26(16)37-13)29-9-14-4-5-28-17(14)10-29/h4-7,10,19-21,23-24,30,32-35H,8-9,11-12H2,1-3H3/t19-,20+,21-,23-,24-/m1/s1. The molecule has 4 heterocycles. The van der Waals surface area contributed by atoms with Crippen LogP contribution in [-0.2, 0) is 16.2 Å². The second-order valence-corrected chi connectivity index (χ2v) is 10.5. The highest BCUT2D eigenvalue weighted by Gasteiger charge is 2.42. The van der Waals surface area contributed by atoms with Gasteiger partial charge in [-0.15, -0.1) is 0 Å². The first-order valence-corrected chi connectivity index (χ1v) is 12.6. The third-order valence-corrected chi connectivity index (χ3v) is 7.17. The highest BCUT2D eigenvalue weighted by atomic mass is 17.2. The van der Waals surface area contributed by atoms with Gasteiger partial charge in [-0.2, -0.15) is 0 Å². The van der Waals surface area contributed by atoms with Crippen molar-refractivity contribution in [1.29, 1.82) is 0 Å². The Morgan fingerprint density at radius 2 is 1.92 bits per heavy atom. The molecule has 1 aromatic heterocycles. The normalized spacial score (nSPS) is 22.6. The number of fused-ring (bicyclic) bond motifs is 3. The lowest BCUT2D eigenvalue weighted by atomic mass is 9.89. The average Bonchev–Trinajstić information content (AvgIpc) is 3.49. The van der Waals surface area contributed by atoms with Crippen LogP contribution in [0, 0.1) is 6.92 Å². The molecule has 1 aromatic carbocycles. The minimum atomic E-state index is -1.78. The number of aryl methyl sites for hydroxylation is 1. The second-order valence-electron chi connectivity index (χ2n) is 10.5. The maximum atomic E-state index is 13.0. The number of ether oxygens (including phenoxy) is 1. The molecule has 2 aromatic rings. The minimum absolute atomic E-state index is 0.193. The summed E-state index contributed by atoms with van der Waals surface area (Å²) in [7, 11) is 0. The third-order valence-electron chi connectivity index (χ3n) is 7.17. The molecule has 0 spiro atoms. The molecule has 12 nitrogen and oxygen atoms in total. The fourth-order valence-electron chi connectivity index (χ4n) is 4.88. The second kappa shape index (κ2) is 10.5. The zero-order valence-corrected chi connectivity index (χ0v) is 21.8. The lowest BCUT2D eigenvalue weighted by molar-refractivity contribution is -0.358. The summed E-state index contributed by atoms with van der Waals surface area (Å²) in [6.07, 6.45) is -1.62. The molecule has 0 bridgehead atoms. The molecular weight excluding hydrogens is 512 g/mol. The van der Waals surface area contributed by atoms with E-state index < -0.39 is 49.3 Å². The summed E-state index contributed by atoms with van der Waals surface area (Å²) in [5, 5.41) is 48.8.